The van der Waals surface area contributed by atoms with Gasteiger partial charge in [0, 0.05) is 24.3 Å². The smallest absolute Gasteiger partial charge is 0.416 e. The van der Waals surface area contributed by atoms with E-state index < -0.39 is 27.8 Å². The predicted molar refractivity (Wildman–Crippen MR) is 130 cm³/mol. The molecule has 1 fully saturated rings. The van der Waals surface area contributed by atoms with Gasteiger partial charge in [0.2, 0.25) is 10.0 Å². The number of benzene rings is 1. The minimum atomic E-state index is -3.72. The van der Waals surface area contributed by atoms with Crippen molar-refractivity contribution in [1.82, 2.24) is 9.29 Å². The number of sulfonamides is 1. The molecule has 1 saturated heterocycles. The van der Waals surface area contributed by atoms with Crippen molar-refractivity contribution in [2.45, 2.75) is 83.4 Å². The number of hydrogen-bond donors (Lipinski definition) is 0. The first-order valence-corrected chi connectivity index (χ1v) is 12.9. The summed E-state index contributed by atoms with van der Waals surface area (Å²) >= 11 is 0. The van der Waals surface area contributed by atoms with Crippen molar-refractivity contribution < 1.29 is 17.9 Å². The standard InChI is InChI=1S/C25H35N3O4S/c1-18(2)28(24(29)32-25(4,5)6)23-21(10-9-16-26-23)22-11-7-8-17-27(22)33(30,31)20-14-12-19(3)13-15-20/h9-10,12-16,18,22H,7-8,11,17H2,1-6H3/t22-/m0/s1. The van der Waals surface area contributed by atoms with E-state index in [-0.39, 0.29) is 10.9 Å². The molecular formula is C25H35N3O4S. The molecule has 0 spiro atoms. The van der Waals surface area contributed by atoms with Gasteiger partial charge in [0.05, 0.1) is 10.9 Å². The van der Waals surface area contributed by atoms with Crippen molar-refractivity contribution in [3.05, 3.63) is 53.7 Å². The zero-order valence-electron chi connectivity index (χ0n) is 20.4. The van der Waals surface area contributed by atoms with Crippen LogP contribution in [0, 0.1) is 6.92 Å². The second-order valence-corrected chi connectivity index (χ2v) is 11.7. The van der Waals surface area contributed by atoms with Crippen LogP contribution in [-0.2, 0) is 14.8 Å². The van der Waals surface area contributed by atoms with Crippen LogP contribution in [-0.4, -0.2) is 42.0 Å². The molecule has 1 atom stereocenters. The van der Waals surface area contributed by atoms with Crippen LogP contribution >= 0.6 is 0 Å². The number of piperidine rings is 1. The number of anilines is 1. The number of carbonyl (C=O) groups excluding carboxylic acids is 1. The second kappa shape index (κ2) is 9.81. The summed E-state index contributed by atoms with van der Waals surface area (Å²) in [7, 11) is -3.72. The SMILES string of the molecule is Cc1ccc(S(=O)(=O)N2CCCC[C@H]2c2cccnc2N(C(=O)OC(C)(C)C)C(C)C)cc1. The molecule has 1 aliphatic rings. The molecule has 0 N–H and O–H groups in total. The summed E-state index contributed by atoms with van der Waals surface area (Å²) in [6, 6.07) is 9.95. The van der Waals surface area contributed by atoms with E-state index in [9.17, 15) is 13.2 Å². The van der Waals surface area contributed by atoms with Crippen LogP contribution in [0.3, 0.4) is 0 Å². The highest BCUT2D eigenvalue weighted by Crippen LogP contribution is 2.39. The minimum absolute atomic E-state index is 0.223. The van der Waals surface area contributed by atoms with Gasteiger partial charge in [-0.3, -0.25) is 4.90 Å². The third kappa shape index (κ3) is 5.73. The van der Waals surface area contributed by atoms with Gasteiger partial charge in [0.1, 0.15) is 11.4 Å². The Morgan fingerprint density at radius 2 is 1.82 bits per heavy atom. The van der Waals surface area contributed by atoms with Crippen molar-refractivity contribution >= 4 is 21.9 Å². The number of hydrogen-bond acceptors (Lipinski definition) is 5. The molecular weight excluding hydrogens is 438 g/mol. The fourth-order valence-electron chi connectivity index (χ4n) is 4.07. The average molecular weight is 474 g/mol. The summed E-state index contributed by atoms with van der Waals surface area (Å²) in [5.41, 5.74) is 1.06. The molecule has 0 unspecified atom stereocenters. The van der Waals surface area contributed by atoms with Gasteiger partial charge in [-0.1, -0.05) is 30.2 Å². The molecule has 33 heavy (non-hydrogen) atoms. The number of pyridine rings is 1. The molecule has 0 bridgehead atoms. The number of nitrogens with zero attached hydrogens (tertiary/aromatic N) is 3. The Hall–Kier alpha value is -2.45. The molecule has 0 saturated carbocycles. The van der Waals surface area contributed by atoms with E-state index in [0.29, 0.717) is 24.3 Å². The maximum absolute atomic E-state index is 13.6. The van der Waals surface area contributed by atoms with Gasteiger partial charge in [-0.2, -0.15) is 4.31 Å². The summed E-state index contributed by atoms with van der Waals surface area (Å²) < 4.78 is 34.5. The van der Waals surface area contributed by atoms with Gasteiger partial charge >= 0.3 is 6.09 Å². The summed E-state index contributed by atoms with van der Waals surface area (Å²) in [5, 5.41) is 0. The van der Waals surface area contributed by atoms with E-state index in [1.807, 2.05) is 59.7 Å². The van der Waals surface area contributed by atoms with Gasteiger partial charge in [-0.15, -0.1) is 0 Å². The molecule has 2 heterocycles. The van der Waals surface area contributed by atoms with Gasteiger partial charge < -0.3 is 4.74 Å². The van der Waals surface area contributed by atoms with Crippen molar-refractivity contribution in [2.24, 2.45) is 0 Å². The maximum atomic E-state index is 13.6. The molecule has 0 aliphatic carbocycles. The van der Waals surface area contributed by atoms with Crippen LogP contribution in [0.25, 0.3) is 0 Å². The fourth-order valence-corrected chi connectivity index (χ4v) is 5.75. The summed E-state index contributed by atoms with van der Waals surface area (Å²) in [6.45, 7) is 11.6. The maximum Gasteiger partial charge on any atom is 0.416 e. The molecule has 8 heteroatoms. The van der Waals surface area contributed by atoms with Crippen LogP contribution < -0.4 is 4.90 Å². The first-order chi connectivity index (χ1) is 15.4. The van der Waals surface area contributed by atoms with Crippen molar-refractivity contribution in [1.29, 1.82) is 0 Å². The first-order valence-electron chi connectivity index (χ1n) is 11.5. The lowest BCUT2D eigenvalue weighted by Crippen LogP contribution is -2.44. The first kappa shape index (κ1) is 25.2. The molecule has 1 aromatic heterocycles. The second-order valence-electron chi connectivity index (χ2n) is 9.80. The summed E-state index contributed by atoms with van der Waals surface area (Å²) in [5.74, 6) is 0.442. The largest absolute Gasteiger partial charge is 0.443 e. The lowest BCUT2D eigenvalue weighted by atomic mass is 9.97. The van der Waals surface area contributed by atoms with E-state index >= 15 is 0 Å². The highest BCUT2D eigenvalue weighted by atomic mass is 32.2. The van der Waals surface area contributed by atoms with E-state index in [1.54, 1.807) is 28.7 Å². The molecule has 7 nitrogen and oxygen atoms in total. The molecule has 0 radical (unpaired) electrons. The number of aromatic nitrogens is 1. The topological polar surface area (TPSA) is 79.8 Å². The van der Waals surface area contributed by atoms with Crippen molar-refractivity contribution in [3.8, 4) is 0 Å². The Kier molecular flexibility index (Phi) is 7.49. The van der Waals surface area contributed by atoms with Crippen molar-refractivity contribution in [2.75, 3.05) is 11.4 Å². The zero-order chi connectivity index (χ0) is 24.4. The Balaban J connectivity index is 2.06. The molecule has 2 aromatic rings. The van der Waals surface area contributed by atoms with Crippen molar-refractivity contribution in [3.63, 3.8) is 0 Å². The van der Waals surface area contributed by atoms with Gasteiger partial charge in [0.15, 0.2) is 0 Å². The quantitative estimate of drug-likeness (QED) is 0.576. The van der Waals surface area contributed by atoms with Gasteiger partial charge in [0.25, 0.3) is 0 Å². The molecule has 1 aromatic carbocycles. The third-order valence-corrected chi connectivity index (χ3v) is 7.51. The van der Waals surface area contributed by atoms with E-state index in [0.717, 1.165) is 18.4 Å². The number of amides is 1. The number of ether oxygens (including phenoxy) is 1. The molecule has 1 aliphatic heterocycles. The van der Waals surface area contributed by atoms with Crippen LogP contribution in [0.1, 0.15) is 71.0 Å². The summed E-state index contributed by atoms with van der Waals surface area (Å²) in [6.07, 6.45) is 3.47. The Bertz CT molecular complexity index is 1080. The lowest BCUT2D eigenvalue weighted by Gasteiger charge is -2.37. The normalized spacial score (nSPS) is 17.7. The highest BCUT2D eigenvalue weighted by Gasteiger charge is 2.38. The third-order valence-electron chi connectivity index (χ3n) is 5.59. The van der Waals surface area contributed by atoms with Crippen LogP contribution in [0.15, 0.2) is 47.5 Å². The summed E-state index contributed by atoms with van der Waals surface area (Å²) in [4.78, 5) is 19.4. The minimum Gasteiger partial charge on any atom is -0.443 e. The Morgan fingerprint density at radius 3 is 2.42 bits per heavy atom. The number of carbonyl (C=O) groups is 1. The predicted octanol–water partition coefficient (Wildman–Crippen LogP) is 5.46. The molecule has 180 valence electrons. The van der Waals surface area contributed by atoms with Crippen LogP contribution in [0.2, 0.25) is 0 Å². The van der Waals surface area contributed by atoms with E-state index in [4.69, 9.17) is 4.74 Å². The Labute approximate surface area is 197 Å². The monoisotopic (exact) mass is 473 g/mol. The number of rotatable bonds is 5. The molecule has 3 rings (SSSR count). The number of aryl methyl sites for hydroxylation is 1. The average Bonchev–Trinajstić information content (AvgIpc) is 2.73. The van der Waals surface area contributed by atoms with Gasteiger partial charge in [-0.25, -0.2) is 18.2 Å². The fraction of sp³-hybridized carbons (Fsp3) is 0.520. The highest BCUT2D eigenvalue weighted by molar-refractivity contribution is 7.89. The lowest BCUT2D eigenvalue weighted by molar-refractivity contribution is 0.0568. The van der Waals surface area contributed by atoms with Gasteiger partial charge in [-0.05, 0) is 72.6 Å². The van der Waals surface area contributed by atoms with Crippen LogP contribution in [0.5, 0.6) is 0 Å². The Morgan fingerprint density at radius 1 is 1.15 bits per heavy atom. The van der Waals surface area contributed by atoms with E-state index in [1.165, 1.54) is 4.90 Å². The molecule has 1 amide bonds. The van der Waals surface area contributed by atoms with E-state index in [2.05, 4.69) is 4.98 Å². The van der Waals surface area contributed by atoms with Crippen LogP contribution in [0.4, 0.5) is 10.6 Å². The zero-order valence-corrected chi connectivity index (χ0v) is 21.2.